The van der Waals surface area contributed by atoms with Crippen LogP contribution in [-0.2, 0) is 15.8 Å². The molecule has 4 N–H and O–H groups in total. The van der Waals surface area contributed by atoms with Gasteiger partial charge in [0, 0.05) is 11.5 Å². The molecular formula is C16H19FLi2N3O5PS+2. The molecule has 2 atom stereocenters. The first-order valence-electron chi connectivity index (χ1n) is 8.04. The van der Waals surface area contributed by atoms with Crippen LogP contribution in [0.25, 0.3) is 0 Å². The van der Waals surface area contributed by atoms with E-state index in [1.807, 2.05) is 0 Å². The topological polar surface area (TPSA) is 129 Å². The summed E-state index contributed by atoms with van der Waals surface area (Å²) in [5.41, 5.74) is 0.378. The van der Waals surface area contributed by atoms with Crippen molar-refractivity contribution in [3.63, 3.8) is 0 Å². The van der Waals surface area contributed by atoms with Crippen LogP contribution in [0.3, 0.4) is 0 Å². The molecule has 1 amide bonds. The largest absolute Gasteiger partial charge is 1.00 e. The molecule has 0 saturated carbocycles. The fourth-order valence-electron chi connectivity index (χ4n) is 2.29. The third-order valence-electron chi connectivity index (χ3n) is 3.51. The van der Waals surface area contributed by atoms with E-state index in [0.717, 1.165) is 11.3 Å². The fourth-order valence-corrected chi connectivity index (χ4v) is 4.40. The van der Waals surface area contributed by atoms with Crippen molar-refractivity contribution in [3.05, 3.63) is 46.7 Å². The third kappa shape index (κ3) is 9.17. The first-order valence-corrected chi connectivity index (χ1v) is 10.8. The predicted molar refractivity (Wildman–Crippen MR) is 99.7 cm³/mol. The summed E-state index contributed by atoms with van der Waals surface area (Å²) in [6, 6.07) is 4.33. The molecule has 0 bridgehead atoms. The summed E-state index contributed by atoms with van der Waals surface area (Å²) in [7, 11) is -3.76. The van der Waals surface area contributed by atoms with Crippen LogP contribution in [0.2, 0.25) is 0 Å². The molecule has 1 aromatic carbocycles. The Balaban J connectivity index is 0.00000392. The number of benzene rings is 1. The van der Waals surface area contributed by atoms with Gasteiger partial charge in [0.15, 0.2) is 10.8 Å². The number of amides is 1. The van der Waals surface area contributed by atoms with Gasteiger partial charge < -0.3 is 15.3 Å². The second kappa shape index (κ2) is 12.7. The molecule has 1 aromatic heterocycles. The molecule has 2 aromatic rings. The van der Waals surface area contributed by atoms with Crippen molar-refractivity contribution >= 4 is 35.9 Å². The van der Waals surface area contributed by atoms with Gasteiger partial charge in [-0.15, -0.1) is 11.3 Å². The second-order valence-electron chi connectivity index (χ2n) is 5.77. The predicted octanol–water partition coefficient (Wildman–Crippen LogP) is -3.28. The van der Waals surface area contributed by atoms with Gasteiger partial charge in [0.1, 0.15) is 5.82 Å². The van der Waals surface area contributed by atoms with Crippen molar-refractivity contribution in [1.82, 2.24) is 10.1 Å². The van der Waals surface area contributed by atoms with Crippen LogP contribution in [0, 0.1) is 5.82 Å². The molecular weight excluding hydrogens is 410 g/mol. The zero-order valence-corrected chi connectivity index (χ0v) is 18.1. The molecule has 146 valence electrons. The summed E-state index contributed by atoms with van der Waals surface area (Å²) in [6.45, 7) is 1.74. The Morgan fingerprint density at radius 1 is 1.28 bits per heavy atom. The number of hydrogen-bond donors (Lipinski definition) is 4. The summed E-state index contributed by atoms with van der Waals surface area (Å²) in [5, 5.41) is 15.1. The van der Waals surface area contributed by atoms with Crippen LogP contribution in [0.5, 0.6) is 0 Å². The van der Waals surface area contributed by atoms with E-state index >= 15 is 0 Å². The van der Waals surface area contributed by atoms with E-state index in [0.29, 0.717) is 12.0 Å². The van der Waals surface area contributed by atoms with Gasteiger partial charge in [0.25, 0.3) is 7.52 Å². The molecule has 1 unspecified atom stereocenters. The van der Waals surface area contributed by atoms with Gasteiger partial charge in [-0.3, -0.25) is 9.36 Å². The minimum atomic E-state index is -3.76. The Hall–Kier alpha value is -0.935. The zero-order chi connectivity index (χ0) is 20.0. The van der Waals surface area contributed by atoms with Crippen LogP contribution < -0.4 is 48.1 Å². The van der Waals surface area contributed by atoms with Crippen molar-refractivity contribution in [3.8, 4) is 0 Å². The molecule has 1 heterocycles. The normalized spacial score (nSPS) is 13.3. The van der Waals surface area contributed by atoms with Crippen LogP contribution in [0.15, 0.2) is 29.6 Å². The smallest absolute Gasteiger partial charge is 0.476 e. The van der Waals surface area contributed by atoms with E-state index < -0.39 is 31.3 Å². The number of carbonyl (C=O) groups excluding carboxylic acids is 1. The number of carboxylic acid groups (broad SMARTS) is 1. The van der Waals surface area contributed by atoms with Gasteiger partial charge in [0.05, 0.1) is 6.04 Å². The summed E-state index contributed by atoms with van der Waals surface area (Å²) < 4.78 is 25.3. The molecule has 0 aliphatic heterocycles. The number of hydrogen-bond acceptors (Lipinski definition) is 5. The van der Waals surface area contributed by atoms with Gasteiger partial charge in [-0.25, -0.2) is 19.3 Å². The summed E-state index contributed by atoms with van der Waals surface area (Å²) in [6.07, 6.45) is 0.471. The number of carboxylic acids is 1. The SMILES string of the molecule is CCCP(=O)(O)N[C@@H](Cc1ccc(F)cc1)C(=O)Nc1nc(C(=O)O)cs1.[Li+].[Li+]. The average Bonchev–Trinajstić information content (AvgIpc) is 3.04. The van der Waals surface area contributed by atoms with Crippen LogP contribution in [-0.4, -0.2) is 39.1 Å². The van der Waals surface area contributed by atoms with Gasteiger partial charge in [-0.2, -0.15) is 0 Å². The van der Waals surface area contributed by atoms with E-state index in [-0.39, 0.29) is 61.1 Å². The maximum Gasteiger partial charge on any atom is 1.00 e. The van der Waals surface area contributed by atoms with E-state index in [2.05, 4.69) is 15.4 Å². The van der Waals surface area contributed by atoms with E-state index in [1.54, 1.807) is 6.92 Å². The molecule has 0 aliphatic carbocycles. The number of aromatic nitrogens is 1. The average molecular weight is 429 g/mol. The van der Waals surface area contributed by atoms with Gasteiger partial charge >= 0.3 is 43.7 Å². The Morgan fingerprint density at radius 2 is 1.90 bits per heavy atom. The first kappa shape index (κ1) is 28.1. The van der Waals surface area contributed by atoms with Crippen molar-refractivity contribution in [2.45, 2.75) is 25.8 Å². The molecule has 0 saturated heterocycles. The van der Waals surface area contributed by atoms with Gasteiger partial charge in [-0.05, 0) is 30.5 Å². The molecule has 29 heavy (non-hydrogen) atoms. The minimum absolute atomic E-state index is 0. The molecule has 0 fully saturated rings. The molecule has 0 spiro atoms. The summed E-state index contributed by atoms with van der Waals surface area (Å²) in [5.74, 6) is -2.30. The second-order valence-corrected chi connectivity index (χ2v) is 8.74. The molecule has 0 aliphatic rings. The summed E-state index contributed by atoms with van der Waals surface area (Å²) in [4.78, 5) is 37.2. The fraction of sp³-hybridized carbons (Fsp3) is 0.312. The van der Waals surface area contributed by atoms with Crippen LogP contribution >= 0.6 is 18.9 Å². The Kier molecular flexibility index (Phi) is 12.3. The van der Waals surface area contributed by atoms with Gasteiger partial charge in [0.2, 0.25) is 5.91 Å². The maximum atomic E-state index is 13.1. The quantitative estimate of drug-likeness (QED) is 0.243. The number of rotatable bonds is 9. The Labute approximate surface area is 195 Å². The van der Waals surface area contributed by atoms with E-state index in [1.165, 1.54) is 29.6 Å². The van der Waals surface area contributed by atoms with Crippen molar-refractivity contribution in [1.29, 1.82) is 0 Å². The summed E-state index contributed by atoms with van der Waals surface area (Å²) >= 11 is 0.927. The van der Waals surface area contributed by atoms with E-state index in [4.69, 9.17) is 5.11 Å². The van der Waals surface area contributed by atoms with Crippen LogP contribution in [0.4, 0.5) is 9.52 Å². The molecule has 13 heteroatoms. The Bertz CT molecular complexity index is 868. The molecule has 2 rings (SSSR count). The van der Waals surface area contributed by atoms with Crippen LogP contribution in [0.1, 0.15) is 29.4 Å². The standard InChI is InChI=1S/C16H19FN3O5PS.2Li/c1-2-7-26(24,25)20-12(8-10-3-5-11(17)6-4-10)14(21)19-16-18-13(9-27-16)15(22)23;;/h3-6,9,12H,2,7-8H2,1H3,(H,22,23)(H,18,19,21)(H2,20,24,25);;/q;2*+1/t12-;;/m0../s1. The minimum Gasteiger partial charge on any atom is -0.476 e. The number of nitrogens with one attached hydrogen (secondary N) is 2. The van der Waals surface area contributed by atoms with Crippen molar-refractivity contribution < 1.29 is 66.3 Å². The monoisotopic (exact) mass is 429 g/mol. The maximum absolute atomic E-state index is 13.1. The molecule has 8 nitrogen and oxygen atoms in total. The third-order valence-corrected chi connectivity index (χ3v) is 6.03. The number of carbonyl (C=O) groups is 2. The van der Waals surface area contributed by atoms with Crippen molar-refractivity contribution in [2.24, 2.45) is 0 Å². The molecule has 0 radical (unpaired) electrons. The first-order chi connectivity index (χ1) is 12.7. The van der Waals surface area contributed by atoms with Gasteiger partial charge in [-0.1, -0.05) is 19.1 Å². The number of halogens is 1. The number of nitrogens with zero attached hydrogens (tertiary/aromatic N) is 1. The Morgan fingerprint density at radius 3 is 2.41 bits per heavy atom. The van der Waals surface area contributed by atoms with Crippen molar-refractivity contribution in [2.75, 3.05) is 11.5 Å². The number of thiazole rings is 1. The number of anilines is 1. The number of aromatic carboxylic acids is 1. The van der Waals surface area contributed by atoms with E-state index in [9.17, 15) is 23.4 Å². The zero-order valence-electron chi connectivity index (χ0n) is 16.4.